The first-order valence-electron chi connectivity index (χ1n) is 7.31. The molecular formula is C17H20BrN3O3. The predicted molar refractivity (Wildman–Crippen MR) is 95.9 cm³/mol. The van der Waals surface area contributed by atoms with Gasteiger partial charge in [-0.1, -0.05) is 20.8 Å². The minimum Gasteiger partial charge on any atom is -0.495 e. The van der Waals surface area contributed by atoms with Crippen molar-refractivity contribution in [3.63, 3.8) is 0 Å². The van der Waals surface area contributed by atoms with E-state index in [1.165, 1.54) is 14.2 Å². The molecule has 128 valence electrons. The Kier molecular flexibility index (Phi) is 5.43. The largest absolute Gasteiger partial charge is 0.495 e. The molecule has 0 aliphatic carbocycles. The van der Waals surface area contributed by atoms with E-state index in [9.17, 15) is 4.79 Å². The van der Waals surface area contributed by atoms with E-state index in [2.05, 4.69) is 31.2 Å². The second-order valence-electron chi connectivity index (χ2n) is 6.19. The molecule has 2 aromatic rings. The summed E-state index contributed by atoms with van der Waals surface area (Å²) in [6.45, 7) is 6.09. The molecule has 7 heteroatoms. The number of ether oxygens (including phenoxy) is 2. The molecular weight excluding hydrogens is 374 g/mol. The van der Waals surface area contributed by atoms with Crippen molar-refractivity contribution < 1.29 is 14.3 Å². The summed E-state index contributed by atoms with van der Waals surface area (Å²) >= 11 is 3.38. The molecule has 0 aliphatic rings. The van der Waals surface area contributed by atoms with E-state index in [1.54, 1.807) is 24.5 Å². The van der Waals surface area contributed by atoms with Crippen LogP contribution in [0.4, 0.5) is 5.69 Å². The fraction of sp³-hybridized carbons (Fsp3) is 0.353. The van der Waals surface area contributed by atoms with Crippen LogP contribution >= 0.6 is 15.9 Å². The van der Waals surface area contributed by atoms with Crippen molar-refractivity contribution in [1.29, 1.82) is 0 Å². The second-order valence-corrected chi connectivity index (χ2v) is 6.99. The first-order valence-corrected chi connectivity index (χ1v) is 8.11. The van der Waals surface area contributed by atoms with Crippen LogP contribution in [0.15, 0.2) is 29.0 Å². The van der Waals surface area contributed by atoms with Crippen LogP contribution in [0.3, 0.4) is 0 Å². The molecule has 0 saturated heterocycles. The summed E-state index contributed by atoms with van der Waals surface area (Å²) in [6.07, 6.45) is 3.19. The van der Waals surface area contributed by atoms with E-state index < -0.39 is 0 Å². The second kappa shape index (κ2) is 7.17. The van der Waals surface area contributed by atoms with Gasteiger partial charge >= 0.3 is 0 Å². The Balaban J connectivity index is 2.24. The van der Waals surface area contributed by atoms with E-state index in [0.29, 0.717) is 33.0 Å². The van der Waals surface area contributed by atoms with Crippen molar-refractivity contribution in [2.24, 2.45) is 0 Å². The number of benzene rings is 1. The Bertz CT molecular complexity index is 715. The lowest BCUT2D eigenvalue weighted by atomic mass is 9.96. The van der Waals surface area contributed by atoms with Gasteiger partial charge in [-0.2, -0.15) is 0 Å². The van der Waals surface area contributed by atoms with Gasteiger partial charge in [-0.15, -0.1) is 0 Å². The number of nitrogens with zero attached hydrogens (tertiary/aromatic N) is 2. The number of carbonyl (C=O) groups excluding carboxylic acids is 1. The predicted octanol–water partition coefficient (Wildman–Crippen LogP) is 3.81. The Labute approximate surface area is 149 Å². The number of methoxy groups -OCH3 is 2. The average molecular weight is 394 g/mol. The molecule has 0 aliphatic heterocycles. The number of anilines is 1. The number of rotatable bonds is 4. The molecule has 2 rings (SSSR count). The van der Waals surface area contributed by atoms with E-state index >= 15 is 0 Å². The monoisotopic (exact) mass is 393 g/mol. The molecule has 0 radical (unpaired) electrons. The summed E-state index contributed by atoms with van der Waals surface area (Å²) in [5.74, 6) is 1.44. The number of nitrogens with one attached hydrogen (secondary N) is 1. The summed E-state index contributed by atoms with van der Waals surface area (Å²) < 4.78 is 11.2. The maximum absolute atomic E-state index is 12.5. The molecule has 0 atom stereocenters. The normalized spacial score (nSPS) is 11.1. The number of aromatic nitrogens is 2. The van der Waals surface area contributed by atoms with Crippen LogP contribution in [-0.4, -0.2) is 30.1 Å². The Hall–Kier alpha value is -2.15. The minimum atomic E-state index is -0.300. The first-order chi connectivity index (χ1) is 11.3. The lowest BCUT2D eigenvalue weighted by molar-refractivity contribution is 0.102. The van der Waals surface area contributed by atoms with Crippen LogP contribution < -0.4 is 14.8 Å². The quantitative estimate of drug-likeness (QED) is 0.854. The van der Waals surface area contributed by atoms with E-state index in [0.717, 1.165) is 0 Å². The maximum atomic E-state index is 12.5. The van der Waals surface area contributed by atoms with Crippen molar-refractivity contribution in [2.75, 3.05) is 19.5 Å². The Morgan fingerprint density at radius 1 is 1.08 bits per heavy atom. The number of halogens is 1. The average Bonchev–Trinajstić information content (AvgIpc) is 2.54. The highest BCUT2D eigenvalue weighted by molar-refractivity contribution is 9.10. The third-order valence-electron chi connectivity index (χ3n) is 3.29. The molecule has 1 aromatic heterocycles. The standard InChI is InChI=1S/C17H20BrN3O3/c1-17(2,3)16-19-8-11(9-20-16)21-15(22)10-6-12(23-4)14(18)13(7-10)24-5/h6-9H,1-5H3,(H,21,22). The molecule has 0 fully saturated rings. The van der Waals surface area contributed by atoms with Crippen LogP contribution in [0, 0.1) is 0 Å². The zero-order chi connectivity index (χ0) is 17.9. The van der Waals surface area contributed by atoms with Crippen LogP contribution in [0.1, 0.15) is 37.0 Å². The van der Waals surface area contributed by atoms with Gasteiger partial charge in [-0.25, -0.2) is 9.97 Å². The third-order valence-corrected chi connectivity index (χ3v) is 4.07. The third kappa shape index (κ3) is 4.03. The zero-order valence-electron chi connectivity index (χ0n) is 14.3. The highest BCUT2D eigenvalue weighted by Gasteiger charge is 2.18. The van der Waals surface area contributed by atoms with Crippen LogP contribution in [-0.2, 0) is 5.41 Å². The Morgan fingerprint density at radius 2 is 1.58 bits per heavy atom. The van der Waals surface area contributed by atoms with Crippen molar-refractivity contribution in [3.05, 3.63) is 40.4 Å². The van der Waals surface area contributed by atoms with Gasteiger partial charge in [0.25, 0.3) is 5.91 Å². The van der Waals surface area contributed by atoms with E-state index in [4.69, 9.17) is 9.47 Å². The minimum absolute atomic E-state index is 0.144. The SMILES string of the molecule is COc1cc(C(=O)Nc2cnc(C(C)(C)C)nc2)cc(OC)c1Br. The van der Waals surface area contributed by atoms with Crippen LogP contribution in [0.2, 0.25) is 0 Å². The van der Waals surface area contributed by atoms with Crippen molar-refractivity contribution in [3.8, 4) is 11.5 Å². The molecule has 0 saturated carbocycles. The fourth-order valence-corrected chi connectivity index (χ4v) is 2.54. The molecule has 1 amide bonds. The summed E-state index contributed by atoms with van der Waals surface area (Å²) in [5, 5.41) is 2.77. The number of carbonyl (C=O) groups is 1. The van der Waals surface area contributed by atoms with Gasteiger partial charge in [-0.05, 0) is 28.1 Å². The molecule has 24 heavy (non-hydrogen) atoms. The van der Waals surface area contributed by atoms with Gasteiger partial charge in [0.2, 0.25) is 0 Å². The molecule has 1 aromatic carbocycles. The number of amides is 1. The fourth-order valence-electron chi connectivity index (χ4n) is 1.98. The highest BCUT2D eigenvalue weighted by atomic mass is 79.9. The summed E-state index contributed by atoms with van der Waals surface area (Å²) in [7, 11) is 3.06. The number of hydrogen-bond donors (Lipinski definition) is 1. The topological polar surface area (TPSA) is 73.3 Å². The molecule has 1 heterocycles. The lowest BCUT2D eigenvalue weighted by Crippen LogP contribution is -2.17. The van der Waals surface area contributed by atoms with Gasteiger partial charge < -0.3 is 14.8 Å². The summed E-state index contributed by atoms with van der Waals surface area (Å²) in [6, 6.07) is 3.26. The van der Waals surface area contributed by atoms with Gasteiger partial charge in [0.15, 0.2) is 0 Å². The highest BCUT2D eigenvalue weighted by Crippen LogP contribution is 2.35. The first kappa shape index (κ1) is 18.2. The van der Waals surface area contributed by atoms with Gasteiger partial charge in [0, 0.05) is 11.0 Å². The molecule has 0 bridgehead atoms. The number of hydrogen-bond acceptors (Lipinski definition) is 5. The summed E-state index contributed by atoms with van der Waals surface area (Å²) in [4.78, 5) is 21.0. The summed E-state index contributed by atoms with van der Waals surface area (Å²) in [5.41, 5.74) is 0.787. The van der Waals surface area contributed by atoms with Crippen molar-refractivity contribution in [1.82, 2.24) is 9.97 Å². The molecule has 1 N–H and O–H groups in total. The van der Waals surface area contributed by atoms with Crippen molar-refractivity contribution in [2.45, 2.75) is 26.2 Å². The van der Waals surface area contributed by atoms with E-state index in [1.807, 2.05) is 20.8 Å². The lowest BCUT2D eigenvalue weighted by Gasteiger charge is -2.16. The van der Waals surface area contributed by atoms with Gasteiger partial charge in [0.1, 0.15) is 21.8 Å². The smallest absolute Gasteiger partial charge is 0.256 e. The Morgan fingerprint density at radius 3 is 2.00 bits per heavy atom. The molecule has 0 unspecified atom stereocenters. The van der Waals surface area contributed by atoms with Gasteiger partial charge in [-0.3, -0.25) is 4.79 Å². The van der Waals surface area contributed by atoms with Crippen LogP contribution in [0.5, 0.6) is 11.5 Å². The van der Waals surface area contributed by atoms with Gasteiger partial charge in [0.05, 0.1) is 32.3 Å². The molecule has 0 spiro atoms. The van der Waals surface area contributed by atoms with Crippen molar-refractivity contribution >= 4 is 27.5 Å². The van der Waals surface area contributed by atoms with Crippen LogP contribution in [0.25, 0.3) is 0 Å². The van der Waals surface area contributed by atoms with E-state index in [-0.39, 0.29) is 11.3 Å². The molecule has 6 nitrogen and oxygen atoms in total. The zero-order valence-corrected chi connectivity index (χ0v) is 15.9. The maximum Gasteiger partial charge on any atom is 0.256 e.